The molecule has 0 aliphatic rings. The normalized spacial score (nSPS) is 11.4. The zero-order chi connectivity index (χ0) is 17.7. The highest BCUT2D eigenvalue weighted by Gasteiger charge is 2.13. The van der Waals surface area contributed by atoms with E-state index in [1.165, 1.54) is 0 Å². The van der Waals surface area contributed by atoms with Crippen molar-refractivity contribution >= 4 is 33.5 Å². The van der Waals surface area contributed by atoms with E-state index in [1.807, 2.05) is 56.9 Å². The SMILES string of the molecule is Cc1nn(C)c2cc(NC(=O)c3cnc4c(c3)c(C)nn4C)ccc12. The highest BCUT2D eigenvalue weighted by atomic mass is 16.1. The standard InChI is InChI=1S/C18H18N6O/c1-10-14-6-5-13(8-16(14)23(3)21-10)20-18(25)12-7-15-11(2)22-24(4)17(15)19-9-12/h5-9H,1-4H3,(H,20,25). The molecule has 0 bridgehead atoms. The molecule has 0 atom stereocenters. The van der Waals surface area contributed by atoms with Crippen LogP contribution in [0.25, 0.3) is 21.9 Å². The smallest absolute Gasteiger partial charge is 0.257 e. The van der Waals surface area contributed by atoms with Crippen molar-refractivity contribution in [3.05, 3.63) is 47.4 Å². The van der Waals surface area contributed by atoms with E-state index in [2.05, 4.69) is 20.5 Å². The summed E-state index contributed by atoms with van der Waals surface area (Å²) in [6, 6.07) is 7.61. The third kappa shape index (κ3) is 2.44. The van der Waals surface area contributed by atoms with Crippen LogP contribution in [0, 0.1) is 13.8 Å². The number of pyridine rings is 1. The summed E-state index contributed by atoms with van der Waals surface area (Å²) < 4.78 is 3.53. The third-order valence-electron chi connectivity index (χ3n) is 4.42. The van der Waals surface area contributed by atoms with Gasteiger partial charge in [-0.05, 0) is 38.1 Å². The minimum absolute atomic E-state index is 0.198. The second-order valence-corrected chi connectivity index (χ2v) is 6.20. The van der Waals surface area contributed by atoms with Gasteiger partial charge in [-0.3, -0.25) is 14.2 Å². The number of hydrogen-bond acceptors (Lipinski definition) is 4. The molecule has 1 aromatic carbocycles. The van der Waals surface area contributed by atoms with Crippen LogP contribution in [0.2, 0.25) is 0 Å². The third-order valence-corrected chi connectivity index (χ3v) is 4.42. The lowest BCUT2D eigenvalue weighted by Crippen LogP contribution is -2.12. The summed E-state index contributed by atoms with van der Waals surface area (Å²) in [5, 5.41) is 13.6. The lowest BCUT2D eigenvalue weighted by Gasteiger charge is -2.06. The fourth-order valence-electron chi connectivity index (χ4n) is 3.15. The van der Waals surface area contributed by atoms with Gasteiger partial charge in [-0.2, -0.15) is 10.2 Å². The first-order chi connectivity index (χ1) is 11.9. The first kappa shape index (κ1) is 15.3. The molecule has 0 aliphatic heterocycles. The number of aromatic nitrogens is 5. The quantitative estimate of drug-likeness (QED) is 0.611. The number of hydrogen-bond donors (Lipinski definition) is 1. The van der Waals surface area contributed by atoms with Crippen molar-refractivity contribution in [3.63, 3.8) is 0 Å². The van der Waals surface area contributed by atoms with Gasteiger partial charge in [0.25, 0.3) is 5.91 Å². The number of aryl methyl sites for hydroxylation is 4. The number of nitrogens with one attached hydrogen (secondary N) is 1. The number of fused-ring (bicyclic) bond motifs is 2. The highest BCUT2D eigenvalue weighted by Crippen LogP contribution is 2.22. The summed E-state index contributed by atoms with van der Waals surface area (Å²) in [4.78, 5) is 17.0. The fraction of sp³-hybridized carbons (Fsp3) is 0.222. The first-order valence-electron chi connectivity index (χ1n) is 7.98. The Morgan fingerprint density at radius 3 is 2.52 bits per heavy atom. The minimum atomic E-state index is -0.198. The van der Waals surface area contributed by atoms with Gasteiger partial charge in [-0.1, -0.05) is 0 Å². The Morgan fingerprint density at radius 2 is 1.72 bits per heavy atom. The molecular formula is C18H18N6O. The molecule has 3 aromatic heterocycles. The van der Waals surface area contributed by atoms with Crippen molar-refractivity contribution in [3.8, 4) is 0 Å². The molecule has 1 N–H and O–H groups in total. The number of carbonyl (C=O) groups is 1. The summed E-state index contributed by atoms with van der Waals surface area (Å²) in [6.07, 6.45) is 1.57. The van der Waals surface area contributed by atoms with Gasteiger partial charge in [0.1, 0.15) is 0 Å². The van der Waals surface area contributed by atoms with Crippen molar-refractivity contribution < 1.29 is 4.79 Å². The van der Waals surface area contributed by atoms with E-state index >= 15 is 0 Å². The van der Waals surface area contributed by atoms with Gasteiger partial charge in [-0.25, -0.2) is 4.98 Å². The van der Waals surface area contributed by atoms with Crippen LogP contribution < -0.4 is 5.32 Å². The Bertz CT molecular complexity index is 1140. The van der Waals surface area contributed by atoms with E-state index in [1.54, 1.807) is 10.9 Å². The number of amides is 1. The minimum Gasteiger partial charge on any atom is -0.322 e. The molecule has 1 amide bonds. The summed E-state index contributed by atoms with van der Waals surface area (Å²) in [5.74, 6) is -0.198. The molecule has 126 valence electrons. The molecule has 0 saturated carbocycles. The van der Waals surface area contributed by atoms with Crippen LogP contribution in [-0.4, -0.2) is 30.5 Å². The predicted octanol–water partition coefficient (Wildman–Crippen LogP) is 2.72. The zero-order valence-corrected chi connectivity index (χ0v) is 14.5. The Hall–Kier alpha value is -3.22. The van der Waals surface area contributed by atoms with Gasteiger partial charge in [0.15, 0.2) is 5.65 Å². The van der Waals surface area contributed by atoms with Crippen LogP contribution in [0.3, 0.4) is 0 Å². The number of rotatable bonds is 2. The Kier molecular flexibility index (Phi) is 3.31. The zero-order valence-electron chi connectivity index (χ0n) is 14.5. The molecule has 7 heteroatoms. The Morgan fingerprint density at radius 1 is 1.00 bits per heavy atom. The molecule has 3 heterocycles. The van der Waals surface area contributed by atoms with E-state index in [0.717, 1.165) is 39.0 Å². The summed E-state index contributed by atoms with van der Waals surface area (Å²) in [7, 11) is 3.73. The summed E-state index contributed by atoms with van der Waals surface area (Å²) >= 11 is 0. The monoisotopic (exact) mass is 334 g/mol. The van der Waals surface area contributed by atoms with Crippen molar-refractivity contribution in [2.24, 2.45) is 14.1 Å². The average Bonchev–Trinajstić information content (AvgIpc) is 3.03. The van der Waals surface area contributed by atoms with Crippen LogP contribution in [0.5, 0.6) is 0 Å². The lowest BCUT2D eigenvalue weighted by atomic mass is 10.1. The molecule has 4 rings (SSSR count). The topological polar surface area (TPSA) is 77.6 Å². The average molecular weight is 334 g/mol. The van der Waals surface area contributed by atoms with Gasteiger partial charge in [0, 0.05) is 36.8 Å². The first-order valence-corrected chi connectivity index (χ1v) is 7.98. The predicted molar refractivity (Wildman–Crippen MR) is 96.7 cm³/mol. The molecule has 0 radical (unpaired) electrons. The van der Waals surface area contributed by atoms with Gasteiger partial charge in [0.2, 0.25) is 0 Å². The second-order valence-electron chi connectivity index (χ2n) is 6.20. The van der Waals surface area contributed by atoms with E-state index in [4.69, 9.17) is 0 Å². The maximum atomic E-state index is 12.6. The Balaban J connectivity index is 1.67. The van der Waals surface area contributed by atoms with Gasteiger partial charge >= 0.3 is 0 Å². The van der Waals surface area contributed by atoms with Crippen molar-refractivity contribution in [2.45, 2.75) is 13.8 Å². The fourth-order valence-corrected chi connectivity index (χ4v) is 3.15. The van der Waals surface area contributed by atoms with Crippen molar-refractivity contribution in [1.29, 1.82) is 0 Å². The number of anilines is 1. The van der Waals surface area contributed by atoms with E-state index < -0.39 is 0 Å². The lowest BCUT2D eigenvalue weighted by molar-refractivity contribution is 0.102. The Labute approximate surface area is 144 Å². The molecule has 0 spiro atoms. The van der Waals surface area contributed by atoms with Crippen LogP contribution in [0.4, 0.5) is 5.69 Å². The van der Waals surface area contributed by atoms with Crippen LogP contribution >= 0.6 is 0 Å². The van der Waals surface area contributed by atoms with Gasteiger partial charge in [-0.15, -0.1) is 0 Å². The number of nitrogens with zero attached hydrogens (tertiary/aromatic N) is 5. The van der Waals surface area contributed by atoms with E-state index in [0.29, 0.717) is 5.56 Å². The molecule has 0 saturated heterocycles. The van der Waals surface area contributed by atoms with Crippen LogP contribution in [0.1, 0.15) is 21.7 Å². The van der Waals surface area contributed by atoms with Gasteiger partial charge < -0.3 is 5.32 Å². The molecule has 0 aliphatic carbocycles. The van der Waals surface area contributed by atoms with Crippen molar-refractivity contribution in [2.75, 3.05) is 5.32 Å². The van der Waals surface area contributed by atoms with Crippen LogP contribution in [-0.2, 0) is 14.1 Å². The van der Waals surface area contributed by atoms with E-state index in [-0.39, 0.29) is 5.91 Å². The van der Waals surface area contributed by atoms with Crippen LogP contribution in [0.15, 0.2) is 30.5 Å². The number of carbonyl (C=O) groups excluding carboxylic acids is 1. The number of benzene rings is 1. The molecule has 7 nitrogen and oxygen atoms in total. The second kappa shape index (κ2) is 5.41. The largest absolute Gasteiger partial charge is 0.322 e. The maximum absolute atomic E-state index is 12.6. The molecule has 25 heavy (non-hydrogen) atoms. The maximum Gasteiger partial charge on any atom is 0.257 e. The highest BCUT2D eigenvalue weighted by molar-refractivity contribution is 6.06. The molecule has 4 aromatic rings. The van der Waals surface area contributed by atoms with Gasteiger partial charge in [0.05, 0.1) is 22.5 Å². The van der Waals surface area contributed by atoms with Crippen molar-refractivity contribution in [1.82, 2.24) is 24.5 Å². The molecule has 0 unspecified atom stereocenters. The molecular weight excluding hydrogens is 316 g/mol. The van der Waals surface area contributed by atoms with E-state index in [9.17, 15) is 4.79 Å². The summed E-state index contributed by atoms with van der Waals surface area (Å²) in [6.45, 7) is 3.88. The molecule has 0 fully saturated rings. The summed E-state index contributed by atoms with van der Waals surface area (Å²) in [5.41, 5.74) is 4.80.